The van der Waals surface area contributed by atoms with Crippen LogP contribution in [-0.2, 0) is 0 Å². The number of hydrogen-bond donors (Lipinski definition) is 2. The molecule has 4 rings (SSSR count). The Morgan fingerprint density at radius 3 is 2.64 bits per heavy atom. The summed E-state index contributed by atoms with van der Waals surface area (Å²) >= 11 is 1.52. The average molecular weight is 466 g/mol. The van der Waals surface area contributed by atoms with Crippen LogP contribution in [0.4, 0.5) is 5.82 Å². The highest BCUT2D eigenvalue weighted by atomic mass is 32.1. The van der Waals surface area contributed by atoms with Crippen LogP contribution in [0.25, 0.3) is 16.5 Å². The molecule has 10 heteroatoms. The molecular formula is C23H23N5O4S. The van der Waals surface area contributed by atoms with Crippen molar-refractivity contribution in [3.63, 3.8) is 0 Å². The zero-order valence-corrected chi connectivity index (χ0v) is 19.4. The number of methoxy groups -OCH3 is 2. The van der Waals surface area contributed by atoms with Crippen LogP contribution in [0, 0.1) is 0 Å². The first-order valence-electron chi connectivity index (χ1n) is 10.2. The van der Waals surface area contributed by atoms with E-state index in [4.69, 9.17) is 9.47 Å². The van der Waals surface area contributed by atoms with Gasteiger partial charge in [0.05, 0.1) is 30.4 Å². The zero-order valence-electron chi connectivity index (χ0n) is 18.6. The van der Waals surface area contributed by atoms with E-state index in [1.807, 2.05) is 31.4 Å². The van der Waals surface area contributed by atoms with Gasteiger partial charge in [0.1, 0.15) is 23.0 Å². The van der Waals surface area contributed by atoms with E-state index in [0.717, 1.165) is 4.88 Å². The number of thiophene rings is 1. The largest absolute Gasteiger partial charge is 0.497 e. The quantitative estimate of drug-likeness (QED) is 0.426. The van der Waals surface area contributed by atoms with Crippen LogP contribution >= 0.6 is 11.3 Å². The third kappa shape index (κ3) is 4.65. The molecule has 4 aromatic rings. The maximum absolute atomic E-state index is 13.2. The van der Waals surface area contributed by atoms with E-state index in [0.29, 0.717) is 34.3 Å². The van der Waals surface area contributed by atoms with Crippen molar-refractivity contribution in [2.75, 3.05) is 19.5 Å². The molecule has 0 unspecified atom stereocenters. The summed E-state index contributed by atoms with van der Waals surface area (Å²) in [5.74, 6) is 1.14. The Kier molecular flexibility index (Phi) is 6.27. The molecule has 0 spiro atoms. The SMILES string of the molecule is COc1ccc(C(=O)Nc2cc(-c3cccs3)nn2-c2nc(C(C)C)cc(=O)[nH]2)c(OC)c1. The molecule has 0 radical (unpaired) electrons. The van der Waals surface area contributed by atoms with Crippen LogP contribution in [0.3, 0.4) is 0 Å². The minimum atomic E-state index is -0.407. The van der Waals surface area contributed by atoms with Crippen molar-refractivity contribution in [3.05, 3.63) is 69.5 Å². The second-order valence-corrected chi connectivity index (χ2v) is 8.42. The van der Waals surface area contributed by atoms with E-state index in [1.165, 1.54) is 36.3 Å². The summed E-state index contributed by atoms with van der Waals surface area (Å²) in [6.07, 6.45) is 0. The van der Waals surface area contributed by atoms with Crippen molar-refractivity contribution >= 4 is 23.1 Å². The Bertz CT molecular complexity index is 1340. The highest BCUT2D eigenvalue weighted by Crippen LogP contribution is 2.29. The van der Waals surface area contributed by atoms with Crippen LogP contribution in [0.2, 0.25) is 0 Å². The number of nitrogens with zero attached hydrogens (tertiary/aromatic N) is 3. The monoisotopic (exact) mass is 465 g/mol. The fraction of sp³-hybridized carbons (Fsp3) is 0.217. The summed E-state index contributed by atoms with van der Waals surface area (Å²) in [6, 6.07) is 12.0. The Morgan fingerprint density at radius 1 is 1.15 bits per heavy atom. The number of rotatable bonds is 7. The topological polar surface area (TPSA) is 111 Å². The summed E-state index contributed by atoms with van der Waals surface area (Å²) in [5.41, 5.74) is 1.28. The van der Waals surface area contributed by atoms with Gasteiger partial charge in [-0.3, -0.25) is 14.6 Å². The van der Waals surface area contributed by atoms with E-state index < -0.39 is 5.91 Å². The van der Waals surface area contributed by atoms with Gasteiger partial charge in [0.25, 0.3) is 11.5 Å². The number of aromatic amines is 1. The highest BCUT2D eigenvalue weighted by Gasteiger charge is 2.20. The van der Waals surface area contributed by atoms with Crippen molar-refractivity contribution in [2.24, 2.45) is 0 Å². The molecular weight excluding hydrogens is 442 g/mol. The molecule has 3 heterocycles. The van der Waals surface area contributed by atoms with Crippen LogP contribution in [0.15, 0.2) is 52.6 Å². The van der Waals surface area contributed by atoms with Gasteiger partial charge in [0.2, 0.25) is 5.95 Å². The van der Waals surface area contributed by atoms with E-state index in [2.05, 4.69) is 20.4 Å². The molecule has 1 amide bonds. The molecule has 0 atom stereocenters. The zero-order chi connectivity index (χ0) is 23.5. The summed E-state index contributed by atoms with van der Waals surface area (Å²) in [6.45, 7) is 3.90. The Morgan fingerprint density at radius 2 is 1.97 bits per heavy atom. The lowest BCUT2D eigenvalue weighted by molar-refractivity contribution is 0.102. The molecule has 0 fully saturated rings. The number of aromatic nitrogens is 4. The summed E-state index contributed by atoms with van der Waals surface area (Å²) in [5, 5.41) is 9.42. The number of H-pyrrole nitrogens is 1. The van der Waals surface area contributed by atoms with Crippen molar-refractivity contribution in [2.45, 2.75) is 19.8 Å². The minimum absolute atomic E-state index is 0.0416. The summed E-state index contributed by atoms with van der Waals surface area (Å²) < 4.78 is 12.0. The molecule has 0 aliphatic carbocycles. The molecule has 0 aliphatic heterocycles. The van der Waals surface area contributed by atoms with Gasteiger partial charge in [0.15, 0.2) is 0 Å². The standard InChI is InChI=1S/C23H23N5O4S/c1-13(2)16-12-21(29)26-23(24-16)28-20(11-17(27-28)19-6-5-9-33-19)25-22(30)15-8-7-14(31-3)10-18(15)32-4/h5-13H,1-4H3,(H,25,30)(H,24,26,29). The predicted octanol–water partition coefficient (Wildman–Crippen LogP) is 4.08. The van der Waals surface area contributed by atoms with Gasteiger partial charge in [-0.15, -0.1) is 11.3 Å². The van der Waals surface area contributed by atoms with Crippen molar-refractivity contribution in [1.82, 2.24) is 19.7 Å². The molecule has 0 saturated heterocycles. The van der Waals surface area contributed by atoms with Gasteiger partial charge >= 0.3 is 0 Å². The fourth-order valence-electron chi connectivity index (χ4n) is 3.21. The predicted molar refractivity (Wildman–Crippen MR) is 127 cm³/mol. The number of anilines is 1. The van der Waals surface area contributed by atoms with Gasteiger partial charge in [-0.1, -0.05) is 19.9 Å². The van der Waals surface area contributed by atoms with Gasteiger partial charge in [0, 0.05) is 18.2 Å². The third-order valence-electron chi connectivity index (χ3n) is 4.92. The maximum Gasteiger partial charge on any atom is 0.260 e. The number of hydrogen-bond acceptors (Lipinski definition) is 7. The van der Waals surface area contributed by atoms with Gasteiger partial charge in [-0.25, -0.2) is 4.98 Å². The second-order valence-electron chi connectivity index (χ2n) is 7.47. The Hall–Kier alpha value is -3.92. The van der Waals surface area contributed by atoms with E-state index in [9.17, 15) is 9.59 Å². The first-order valence-corrected chi connectivity index (χ1v) is 11.1. The highest BCUT2D eigenvalue weighted by molar-refractivity contribution is 7.13. The van der Waals surface area contributed by atoms with Crippen molar-refractivity contribution in [3.8, 4) is 28.0 Å². The van der Waals surface area contributed by atoms with E-state index in [1.54, 1.807) is 24.3 Å². The van der Waals surface area contributed by atoms with Crippen molar-refractivity contribution < 1.29 is 14.3 Å². The summed E-state index contributed by atoms with van der Waals surface area (Å²) in [4.78, 5) is 33.6. The van der Waals surface area contributed by atoms with Crippen LogP contribution in [0.5, 0.6) is 11.5 Å². The number of ether oxygens (including phenoxy) is 2. The van der Waals surface area contributed by atoms with Crippen LogP contribution in [0.1, 0.15) is 35.8 Å². The lowest BCUT2D eigenvalue weighted by Gasteiger charge is -2.12. The second kappa shape index (κ2) is 9.29. The molecule has 0 saturated carbocycles. The number of amides is 1. The smallest absolute Gasteiger partial charge is 0.260 e. The molecule has 2 N–H and O–H groups in total. The number of benzene rings is 1. The Balaban J connectivity index is 1.79. The molecule has 33 heavy (non-hydrogen) atoms. The molecule has 3 aromatic heterocycles. The van der Waals surface area contributed by atoms with E-state index >= 15 is 0 Å². The molecule has 170 valence electrons. The van der Waals surface area contributed by atoms with Crippen LogP contribution in [-0.4, -0.2) is 39.9 Å². The minimum Gasteiger partial charge on any atom is -0.497 e. The first kappa shape index (κ1) is 22.3. The van der Waals surface area contributed by atoms with Crippen LogP contribution < -0.4 is 20.3 Å². The number of nitrogens with one attached hydrogen (secondary N) is 2. The first-order chi connectivity index (χ1) is 15.9. The van der Waals surface area contributed by atoms with E-state index in [-0.39, 0.29) is 17.4 Å². The van der Waals surface area contributed by atoms with Gasteiger partial charge in [-0.2, -0.15) is 9.78 Å². The lowest BCUT2D eigenvalue weighted by atomic mass is 10.1. The normalized spacial score (nSPS) is 10.9. The maximum atomic E-state index is 13.2. The molecule has 1 aromatic carbocycles. The summed E-state index contributed by atoms with van der Waals surface area (Å²) in [7, 11) is 3.02. The number of carbonyl (C=O) groups excluding carboxylic acids is 1. The fourth-order valence-corrected chi connectivity index (χ4v) is 3.89. The molecule has 9 nitrogen and oxygen atoms in total. The third-order valence-corrected chi connectivity index (χ3v) is 5.81. The van der Waals surface area contributed by atoms with Gasteiger partial charge in [-0.05, 0) is 29.5 Å². The average Bonchev–Trinajstić information content (AvgIpc) is 3.48. The molecule has 0 aliphatic rings. The van der Waals surface area contributed by atoms with Gasteiger partial charge < -0.3 is 14.8 Å². The number of carbonyl (C=O) groups is 1. The van der Waals surface area contributed by atoms with Crippen molar-refractivity contribution in [1.29, 1.82) is 0 Å². The lowest BCUT2D eigenvalue weighted by Crippen LogP contribution is -2.20. The Labute approximate surface area is 194 Å². The molecule has 0 bridgehead atoms.